The molecule has 2 aliphatic carbocycles. The molecule has 5 heteroatoms. The van der Waals surface area contributed by atoms with E-state index < -0.39 is 0 Å². The summed E-state index contributed by atoms with van der Waals surface area (Å²) in [7, 11) is 0. The number of carbonyl (C=O) groups excluding carboxylic acids is 1. The molecular formula is C20H21BrN2O2. The Labute approximate surface area is 155 Å². The standard InChI is InChI=1S/C20H21BrN2O2/c1-20-11-3-2-4-16(20)18(20)19(24)23-22-12-15-9-10-17(25-15)13-5-7-14(21)8-6-13/h5-10,12,16,18H,2-4,11H2,1H3,(H,23,24)/b22-12+/t16-,18+,20-/m0/s1. The van der Waals surface area contributed by atoms with Crippen LogP contribution in [0.1, 0.15) is 38.4 Å². The largest absolute Gasteiger partial charge is 0.455 e. The van der Waals surface area contributed by atoms with Gasteiger partial charge in [-0.3, -0.25) is 4.79 Å². The maximum atomic E-state index is 12.4. The number of fused-ring (bicyclic) bond motifs is 1. The smallest absolute Gasteiger partial charge is 0.244 e. The molecule has 4 rings (SSSR count). The number of carbonyl (C=O) groups is 1. The lowest BCUT2D eigenvalue weighted by Gasteiger charge is -2.15. The lowest BCUT2D eigenvalue weighted by molar-refractivity contribution is -0.123. The maximum absolute atomic E-state index is 12.4. The summed E-state index contributed by atoms with van der Waals surface area (Å²) in [6, 6.07) is 11.7. The van der Waals surface area contributed by atoms with E-state index in [4.69, 9.17) is 4.42 Å². The number of hydrogen-bond donors (Lipinski definition) is 1. The number of amides is 1. The quantitative estimate of drug-likeness (QED) is 0.580. The predicted octanol–water partition coefficient (Wildman–Crippen LogP) is 4.99. The van der Waals surface area contributed by atoms with Crippen LogP contribution in [0.2, 0.25) is 0 Å². The van der Waals surface area contributed by atoms with Gasteiger partial charge in [-0.25, -0.2) is 5.43 Å². The zero-order valence-corrected chi connectivity index (χ0v) is 15.8. The Morgan fingerprint density at radius 2 is 2.08 bits per heavy atom. The summed E-state index contributed by atoms with van der Waals surface area (Å²) in [5.41, 5.74) is 3.90. The highest BCUT2D eigenvalue weighted by Crippen LogP contribution is 2.66. The van der Waals surface area contributed by atoms with Crippen LogP contribution in [0.25, 0.3) is 11.3 Å². The SMILES string of the molecule is C[C@]12CCCC[C@H]1[C@@H]2C(=O)N/N=C/c1ccc(-c2ccc(Br)cc2)o1. The number of benzene rings is 1. The number of nitrogens with one attached hydrogen (secondary N) is 1. The van der Waals surface area contributed by atoms with Crippen LogP contribution in [0.15, 0.2) is 50.4 Å². The molecule has 1 N–H and O–H groups in total. The Morgan fingerprint density at radius 1 is 1.28 bits per heavy atom. The van der Waals surface area contributed by atoms with Crippen molar-refractivity contribution < 1.29 is 9.21 Å². The Bertz CT molecular complexity index is 811. The molecule has 4 nitrogen and oxygen atoms in total. The minimum absolute atomic E-state index is 0.0466. The number of hydrazone groups is 1. The van der Waals surface area contributed by atoms with Gasteiger partial charge in [-0.2, -0.15) is 5.10 Å². The van der Waals surface area contributed by atoms with E-state index in [1.165, 1.54) is 19.3 Å². The van der Waals surface area contributed by atoms with Gasteiger partial charge in [0.25, 0.3) is 0 Å². The Kier molecular flexibility index (Phi) is 4.28. The van der Waals surface area contributed by atoms with Crippen molar-refractivity contribution in [3.63, 3.8) is 0 Å². The molecule has 0 aliphatic heterocycles. The zero-order valence-electron chi connectivity index (χ0n) is 14.2. The van der Waals surface area contributed by atoms with E-state index in [1.54, 1.807) is 6.21 Å². The van der Waals surface area contributed by atoms with Gasteiger partial charge < -0.3 is 4.42 Å². The molecule has 3 atom stereocenters. The highest BCUT2D eigenvalue weighted by molar-refractivity contribution is 9.10. The average molecular weight is 401 g/mol. The third kappa shape index (κ3) is 3.17. The van der Waals surface area contributed by atoms with Gasteiger partial charge in [0.05, 0.1) is 6.21 Å². The molecule has 2 aliphatic rings. The van der Waals surface area contributed by atoms with Crippen molar-refractivity contribution >= 4 is 28.1 Å². The molecule has 0 radical (unpaired) electrons. The number of nitrogens with zero attached hydrogens (tertiary/aromatic N) is 1. The van der Waals surface area contributed by atoms with Gasteiger partial charge in [-0.15, -0.1) is 0 Å². The Morgan fingerprint density at radius 3 is 2.80 bits per heavy atom. The van der Waals surface area contributed by atoms with Crippen molar-refractivity contribution in [3.05, 3.63) is 46.6 Å². The molecule has 2 saturated carbocycles. The lowest BCUT2D eigenvalue weighted by Crippen LogP contribution is -2.22. The number of rotatable bonds is 4. The van der Waals surface area contributed by atoms with Crippen LogP contribution in [0.3, 0.4) is 0 Å². The van der Waals surface area contributed by atoms with Crippen molar-refractivity contribution in [1.29, 1.82) is 0 Å². The first-order valence-corrected chi connectivity index (χ1v) is 9.56. The molecule has 1 heterocycles. The minimum Gasteiger partial charge on any atom is -0.455 e. The van der Waals surface area contributed by atoms with E-state index in [9.17, 15) is 4.79 Å². The Balaban J connectivity index is 1.37. The van der Waals surface area contributed by atoms with Crippen molar-refractivity contribution in [2.45, 2.75) is 32.6 Å². The summed E-state index contributed by atoms with van der Waals surface area (Å²) in [5, 5.41) is 4.09. The van der Waals surface area contributed by atoms with Gasteiger partial charge in [0, 0.05) is 16.0 Å². The first kappa shape index (κ1) is 16.6. The highest BCUT2D eigenvalue weighted by Gasteiger charge is 2.64. The van der Waals surface area contributed by atoms with Crippen molar-refractivity contribution in [2.24, 2.45) is 22.4 Å². The predicted molar refractivity (Wildman–Crippen MR) is 101 cm³/mol. The molecule has 1 aromatic heterocycles. The summed E-state index contributed by atoms with van der Waals surface area (Å²) in [4.78, 5) is 12.4. The molecule has 130 valence electrons. The van der Waals surface area contributed by atoms with Crippen LogP contribution in [-0.4, -0.2) is 12.1 Å². The second-order valence-corrected chi connectivity index (χ2v) is 8.19. The van der Waals surface area contributed by atoms with Crippen LogP contribution >= 0.6 is 15.9 Å². The van der Waals surface area contributed by atoms with E-state index in [0.717, 1.165) is 22.2 Å². The third-order valence-electron chi connectivity index (χ3n) is 5.74. The second kappa shape index (κ2) is 6.45. The maximum Gasteiger partial charge on any atom is 0.244 e. The average Bonchev–Trinajstić information content (AvgIpc) is 2.96. The molecule has 0 saturated heterocycles. The van der Waals surface area contributed by atoms with Crippen LogP contribution < -0.4 is 5.43 Å². The van der Waals surface area contributed by atoms with Crippen LogP contribution in [-0.2, 0) is 4.79 Å². The fraction of sp³-hybridized carbons (Fsp3) is 0.400. The number of hydrogen-bond acceptors (Lipinski definition) is 3. The molecule has 1 amide bonds. The summed E-state index contributed by atoms with van der Waals surface area (Å²) in [5.74, 6) is 2.12. The summed E-state index contributed by atoms with van der Waals surface area (Å²) >= 11 is 3.42. The van der Waals surface area contributed by atoms with Crippen molar-refractivity contribution in [3.8, 4) is 11.3 Å². The Hall–Kier alpha value is -1.88. The topological polar surface area (TPSA) is 54.6 Å². The lowest BCUT2D eigenvalue weighted by atomic mass is 9.90. The minimum atomic E-state index is 0.0466. The van der Waals surface area contributed by atoms with Crippen LogP contribution in [0.4, 0.5) is 0 Å². The second-order valence-electron chi connectivity index (χ2n) is 7.28. The van der Waals surface area contributed by atoms with Gasteiger partial charge in [0.15, 0.2) is 0 Å². The molecule has 2 fully saturated rings. The third-order valence-corrected chi connectivity index (χ3v) is 6.26. The van der Waals surface area contributed by atoms with Gasteiger partial charge in [-0.05, 0) is 48.4 Å². The zero-order chi connectivity index (χ0) is 17.4. The normalized spacial score (nSPS) is 27.9. The van der Waals surface area contributed by atoms with Crippen LogP contribution in [0.5, 0.6) is 0 Å². The van der Waals surface area contributed by atoms with E-state index >= 15 is 0 Å². The van der Waals surface area contributed by atoms with Crippen molar-refractivity contribution in [2.75, 3.05) is 0 Å². The fourth-order valence-electron chi connectivity index (χ4n) is 4.27. The van der Waals surface area contributed by atoms with E-state index in [-0.39, 0.29) is 17.2 Å². The van der Waals surface area contributed by atoms with E-state index in [0.29, 0.717) is 11.7 Å². The first-order valence-electron chi connectivity index (χ1n) is 8.77. The van der Waals surface area contributed by atoms with Gasteiger partial charge in [-0.1, -0.05) is 47.8 Å². The van der Waals surface area contributed by atoms with Gasteiger partial charge in [0.2, 0.25) is 5.91 Å². The summed E-state index contributed by atoms with van der Waals surface area (Å²) in [6.07, 6.45) is 6.39. The van der Waals surface area contributed by atoms with E-state index in [1.807, 2.05) is 36.4 Å². The molecule has 2 aromatic rings. The molecule has 1 aromatic carbocycles. The van der Waals surface area contributed by atoms with Crippen LogP contribution in [0, 0.1) is 17.3 Å². The fourth-order valence-corrected chi connectivity index (χ4v) is 4.54. The molecule has 0 spiro atoms. The number of furan rings is 1. The highest BCUT2D eigenvalue weighted by atomic mass is 79.9. The first-order chi connectivity index (χ1) is 12.1. The molecule has 0 bridgehead atoms. The monoisotopic (exact) mass is 400 g/mol. The van der Waals surface area contributed by atoms with Gasteiger partial charge in [0.1, 0.15) is 11.5 Å². The summed E-state index contributed by atoms with van der Waals surface area (Å²) in [6.45, 7) is 2.24. The number of halogens is 1. The molecule has 25 heavy (non-hydrogen) atoms. The van der Waals surface area contributed by atoms with E-state index in [2.05, 4.69) is 33.4 Å². The van der Waals surface area contributed by atoms with Gasteiger partial charge >= 0.3 is 0 Å². The van der Waals surface area contributed by atoms with Crippen molar-refractivity contribution in [1.82, 2.24) is 5.43 Å². The summed E-state index contributed by atoms with van der Waals surface area (Å²) < 4.78 is 6.80. The molecule has 0 unspecified atom stereocenters. The molecular weight excluding hydrogens is 380 g/mol.